The molecule has 1 atom stereocenters. The third kappa shape index (κ3) is 3.41. The lowest BCUT2D eigenvalue weighted by Crippen LogP contribution is -2.46. The maximum atomic E-state index is 9.01. The third-order valence-electron chi connectivity index (χ3n) is 3.26. The number of rotatable bonds is 4. The highest BCUT2D eigenvalue weighted by molar-refractivity contribution is 5.38. The van der Waals surface area contributed by atoms with Gasteiger partial charge in [-0.15, -0.1) is 0 Å². The van der Waals surface area contributed by atoms with Crippen molar-refractivity contribution in [1.29, 1.82) is 0 Å². The molecule has 1 fully saturated rings. The Balaban J connectivity index is 1.82. The molecule has 94 valence electrons. The fraction of sp³-hybridized carbons (Fsp3) is 0.615. The summed E-state index contributed by atoms with van der Waals surface area (Å²) in [5.74, 6) is 1.07. The van der Waals surface area contributed by atoms with Crippen LogP contribution in [0.4, 0.5) is 5.82 Å². The van der Waals surface area contributed by atoms with E-state index in [4.69, 9.17) is 5.11 Å². The molecular formula is C13H21N3O. The van der Waals surface area contributed by atoms with Gasteiger partial charge in [0, 0.05) is 31.4 Å². The zero-order valence-electron chi connectivity index (χ0n) is 10.3. The molecule has 1 aliphatic rings. The molecule has 0 aromatic carbocycles. The number of pyridine rings is 1. The summed E-state index contributed by atoms with van der Waals surface area (Å²) in [5.41, 5.74) is 0. The first-order valence-electron chi connectivity index (χ1n) is 6.32. The summed E-state index contributed by atoms with van der Waals surface area (Å²) in [5, 5.41) is 12.5. The van der Waals surface area contributed by atoms with E-state index in [9.17, 15) is 0 Å². The van der Waals surface area contributed by atoms with Crippen LogP contribution in [-0.4, -0.2) is 41.9 Å². The SMILES string of the molecule is C[C@H](CO)NC1CCN(c2ccccn2)CC1. The van der Waals surface area contributed by atoms with Gasteiger partial charge in [0.2, 0.25) is 0 Å². The van der Waals surface area contributed by atoms with Crippen LogP contribution in [0.5, 0.6) is 0 Å². The van der Waals surface area contributed by atoms with Crippen molar-refractivity contribution in [3.05, 3.63) is 24.4 Å². The number of piperidine rings is 1. The van der Waals surface area contributed by atoms with E-state index in [2.05, 4.69) is 21.3 Å². The lowest BCUT2D eigenvalue weighted by atomic mass is 10.0. The Kier molecular flexibility index (Phi) is 4.34. The van der Waals surface area contributed by atoms with Crippen molar-refractivity contribution in [1.82, 2.24) is 10.3 Å². The third-order valence-corrected chi connectivity index (χ3v) is 3.26. The largest absolute Gasteiger partial charge is 0.395 e. The molecule has 2 rings (SSSR count). The van der Waals surface area contributed by atoms with E-state index >= 15 is 0 Å². The summed E-state index contributed by atoms with van der Waals surface area (Å²) in [6.07, 6.45) is 4.06. The molecule has 0 aliphatic carbocycles. The zero-order valence-corrected chi connectivity index (χ0v) is 10.3. The summed E-state index contributed by atoms with van der Waals surface area (Å²) >= 11 is 0. The smallest absolute Gasteiger partial charge is 0.128 e. The van der Waals surface area contributed by atoms with Crippen LogP contribution in [0.15, 0.2) is 24.4 Å². The lowest BCUT2D eigenvalue weighted by molar-refractivity contribution is 0.233. The number of hydrogen-bond acceptors (Lipinski definition) is 4. The Bertz CT molecular complexity index is 323. The van der Waals surface area contributed by atoms with Gasteiger partial charge in [0.25, 0.3) is 0 Å². The second-order valence-electron chi connectivity index (χ2n) is 4.70. The number of nitrogens with zero attached hydrogens (tertiary/aromatic N) is 2. The Morgan fingerprint density at radius 2 is 2.24 bits per heavy atom. The van der Waals surface area contributed by atoms with E-state index < -0.39 is 0 Å². The lowest BCUT2D eigenvalue weighted by Gasteiger charge is -2.34. The molecular weight excluding hydrogens is 214 g/mol. The average molecular weight is 235 g/mol. The van der Waals surface area contributed by atoms with E-state index in [1.807, 2.05) is 25.3 Å². The van der Waals surface area contributed by atoms with Gasteiger partial charge < -0.3 is 15.3 Å². The van der Waals surface area contributed by atoms with E-state index in [0.717, 1.165) is 31.7 Å². The Morgan fingerprint density at radius 3 is 2.82 bits per heavy atom. The first-order valence-corrected chi connectivity index (χ1v) is 6.32. The van der Waals surface area contributed by atoms with Crippen molar-refractivity contribution >= 4 is 5.82 Å². The summed E-state index contributed by atoms with van der Waals surface area (Å²) < 4.78 is 0. The standard InChI is InChI=1S/C13H21N3O/c1-11(10-17)15-12-5-8-16(9-6-12)13-4-2-3-7-14-13/h2-4,7,11-12,15,17H,5-6,8-10H2,1H3/t11-/m1/s1. The number of aliphatic hydroxyl groups excluding tert-OH is 1. The van der Waals surface area contributed by atoms with Crippen LogP contribution < -0.4 is 10.2 Å². The van der Waals surface area contributed by atoms with Crippen LogP contribution >= 0.6 is 0 Å². The molecule has 0 unspecified atom stereocenters. The van der Waals surface area contributed by atoms with E-state index in [1.165, 1.54) is 0 Å². The van der Waals surface area contributed by atoms with Gasteiger partial charge in [-0.25, -0.2) is 4.98 Å². The van der Waals surface area contributed by atoms with E-state index in [0.29, 0.717) is 6.04 Å². The summed E-state index contributed by atoms with van der Waals surface area (Å²) in [7, 11) is 0. The van der Waals surface area contributed by atoms with Crippen LogP contribution in [-0.2, 0) is 0 Å². The fourth-order valence-corrected chi connectivity index (χ4v) is 2.27. The van der Waals surface area contributed by atoms with Gasteiger partial charge >= 0.3 is 0 Å². The molecule has 2 heterocycles. The molecule has 0 saturated carbocycles. The molecule has 4 nitrogen and oxygen atoms in total. The van der Waals surface area contributed by atoms with Gasteiger partial charge in [0.15, 0.2) is 0 Å². The Morgan fingerprint density at radius 1 is 1.47 bits per heavy atom. The van der Waals surface area contributed by atoms with Gasteiger partial charge in [0.1, 0.15) is 5.82 Å². The molecule has 4 heteroatoms. The molecule has 0 amide bonds. The highest BCUT2D eigenvalue weighted by Gasteiger charge is 2.20. The van der Waals surface area contributed by atoms with E-state index in [1.54, 1.807) is 0 Å². The normalized spacial score (nSPS) is 19.3. The summed E-state index contributed by atoms with van der Waals surface area (Å²) in [6, 6.07) is 6.75. The number of nitrogens with one attached hydrogen (secondary N) is 1. The minimum absolute atomic E-state index is 0.196. The van der Waals surface area contributed by atoms with Crippen LogP contribution in [0.2, 0.25) is 0 Å². The maximum absolute atomic E-state index is 9.01. The molecule has 2 N–H and O–H groups in total. The van der Waals surface area contributed by atoms with Crippen molar-refractivity contribution < 1.29 is 5.11 Å². The predicted molar refractivity (Wildman–Crippen MR) is 69.2 cm³/mol. The summed E-state index contributed by atoms with van der Waals surface area (Å²) in [6.45, 7) is 4.30. The molecule has 0 bridgehead atoms. The van der Waals surface area contributed by atoms with Crippen LogP contribution in [0.25, 0.3) is 0 Å². The Hall–Kier alpha value is -1.13. The Labute approximate surface area is 103 Å². The minimum Gasteiger partial charge on any atom is -0.395 e. The zero-order chi connectivity index (χ0) is 12.1. The highest BCUT2D eigenvalue weighted by Crippen LogP contribution is 2.17. The monoisotopic (exact) mass is 235 g/mol. The van der Waals surface area contributed by atoms with Gasteiger partial charge in [-0.1, -0.05) is 6.07 Å². The molecule has 1 aliphatic heterocycles. The first kappa shape index (κ1) is 12.3. The van der Waals surface area contributed by atoms with Crippen LogP contribution in [0.3, 0.4) is 0 Å². The molecule has 0 spiro atoms. The fourth-order valence-electron chi connectivity index (χ4n) is 2.27. The van der Waals surface area contributed by atoms with Crippen molar-refractivity contribution in [3.8, 4) is 0 Å². The molecule has 1 aromatic heterocycles. The highest BCUT2D eigenvalue weighted by atomic mass is 16.3. The first-order chi connectivity index (χ1) is 8.29. The van der Waals surface area contributed by atoms with Gasteiger partial charge in [-0.2, -0.15) is 0 Å². The molecule has 1 aromatic rings. The average Bonchev–Trinajstić information content (AvgIpc) is 2.40. The van der Waals surface area contributed by atoms with Crippen LogP contribution in [0.1, 0.15) is 19.8 Å². The predicted octanol–water partition coefficient (Wildman–Crippen LogP) is 1.02. The number of anilines is 1. The second-order valence-corrected chi connectivity index (χ2v) is 4.70. The van der Waals surface area contributed by atoms with Gasteiger partial charge in [0.05, 0.1) is 6.61 Å². The molecule has 0 radical (unpaired) electrons. The number of aromatic nitrogens is 1. The topological polar surface area (TPSA) is 48.4 Å². The van der Waals surface area contributed by atoms with Crippen molar-refractivity contribution in [3.63, 3.8) is 0 Å². The van der Waals surface area contributed by atoms with Gasteiger partial charge in [-0.3, -0.25) is 0 Å². The van der Waals surface area contributed by atoms with Gasteiger partial charge in [-0.05, 0) is 31.9 Å². The summed E-state index contributed by atoms with van der Waals surface area (Å²) in [4.78, 5) is 6.69. The second kappa shape index (κ2) is 5.98. The molecule has 17 heavy (non-hydrogen) atoms. The van der Waals surface area contributed by atoms with Crippen molar-refractivity contribution in [2.45, 2.75) is 31.8 Å². The van der Waals surface area contributed by atoms with Crippen LogP contribution in [0, 0.1) is 0 Å². The van der Waals surface area contributed by atoms with E-state index in [-0.39, 0.29) is 12.6 Å². The van der Waals surface area contributed by atoms with Crippen molar-refractivity contribution in [2.24, 2.45) is 0 Å². The number of aliphatic hydroxyl groups is 1. The number of hydrogen-bond donors (Lipinski definition) is 2. The van der Waals surface area contributed by atoms with Crippen molar-refractivity contribution in [2.75, 3.05) is 24.6 Å². The minimum atomic E-state index is 0.196. The molecule has 1 saturated heterocycles. The maximum Gasteiger partial charge on any atom is 0.128 e. The quantitative estimate of drug-likeness (QED) is 0.818.